The quantitative estimate of drug-likeness (QED) is 0.830. The third-order valence-electron chi connectivity index (χ3n) is 4.82. The number of hydrogen-bond acceptors (Lipinski definition) is 6. The summed E-state index contributed by atoms with van der Waals surface area (Å²) in [6.07, 6.45) is 3.74. The Hall–Kier alpha value is -2.59. The van der Waals surface area contributed by atoms with Crippen LogP contribution in [0, 0.1) is 5.82 Å². The zero-order chi connectivity index (χ0) is 19.7. The number of piperidine rings is 1. The van der Waals surface area contributed by atoms with Crippen LogP contribution in [0.25, 0.3) is 0 Å². The van der Waals surface area contributed by atoms with E-state index >= 15 is 0 Å². The predicted molar refractivity (Wildman–Crippen MR) is 97.8 cm³/mol. The molecule has 10 heteroatoms. The number of nitrogens with zero attached hydrogens (tertiary/aromatic N) is 3. The Morgan fingerprint density at radius 3 is 2.79 bits per heavy atom. The maximum absolute atomic E-state index is 13.1. The summed E-state index contributed by atoms with van der Waals surface area (Å²) in [5.41, 5.74) is 1.47. The zero-order valence-corrected chi connectivity index (χ0v) is 15.8. The standard InChI is InChI=1S/C18H19FN4O4S/c19-13-9-20-18(21-10-13)27-14-2-1-7-23(11-14)28(25,26)15-4-5-16-12(8-15)3-6-17(24)22-16/h4-5,8-10,14H,1-3,6-7,11H2,(H,22,24). The molecule has 1 atom stereocenters. The molecule has 1 aromatic carbocycles. The number of aryl methyl sites for hydroxylation is 1. The van der Waals surface area contributed by atoms with E-state index in [9.17, 15) is 17.6 Å². The van der Waals surface area contributed by atoms with Gasteiger partial charge in [0.15, 0.2) is 5.82 Å². The fourth-order valence-electron chi connectivity index (χ4n) is 3.40. The van der Waals surface area contributed by atoms with E-state index < -0.39 is 21.9 Å². The first-order valence-electron chi connectivity index (χ1n) is 8.99. The number of rotatable bonds is 4. The highest BCUT2D eigenvalue weighted by atomic mass is 32.2. The van der Waals surface area contributed by atoms with E-state index in [0.29, 0.717) is 37.9 Å². The molecule has 2 aromatic rings. The van der Waals surface area contributed by atoms with Gasteiger partial charge >= 0.3 is 6.01 Å². The highest BCUT2D eigenvalue weighted by Gasteiger charge is 2.32. The number of benzene rings is 1. The van der Waals surface area contributed by atoms with Gasteiger partial charge in [0.1, 0.15) is 6.10 Å². The van der Waals surface area contributed by atoms with Crippen molar-refractivity contribution in [1.29, 1.82) is 0 Å². The summed E-state index contributed by atoms with van der Waals surface area (Å²) >= 11 is 0. The molecule has 1 N–H and O–H groups in total. The summed E-state index contributed by atoms with van der Waals surface area (Å²) in [4.78, 5) is 19.2. The number of carbonyl (C=O) groups excluding carboxylic acids is 1. The van der Waals surface area contributed by atoms with Gasteiger partial charge in [-0.3, -0.25) is 4.79 Å². The Bertz CT molecular complexity index is 997. The van der Waals surface area contributed by atoms with Crippen LogP contribution in [0.5, 0.6) is 6.01 Å². The summed E-state index contributed by atoms with van der Waals surface area (Å²) < 4.78 is 46.1. The van der Waals surface area contributed by atoms with Crippen molar-refractivity contribution >= 4 is 21.6 Å². The van der Waals surface area contributed by atoms with Crippen LogP contribution in [-0.4, -0.2) is 47.8 Å². The molecule has 28 heavy (non-hydrogen) atoms. The molecule has 0 bridgehead atoms. The molecule has 0 radical (unpaired) electrons. The SMILES string of the molecule is O=C1CCc2cc(S(=O)(=O)N3CCCC(Oc4ncc(F)cn4)C3)ccc2N1. The average Bonchev–Trinajstić information content (AvgIpc) is 2.69. The van der Waals surface area contributed by atoms with Crippen molar-refractivity contribution in [2.45, 2.75) is 36.7 Å². The molecule has 148 valence electrons. The first kappa shape index (κ1) is 18.8. The lowest BCUT2D eigenvalue weighted by Gasteiger charge is -2.31. The van der Waals surface area contributed by atoms with E-state index in [1.54, 1.807) is 12.1 Å². The molecule has 8 nitrogen and oxygen atoms in total. The molecular formula is C18H19FN4O4S. The van der Waals surface area contributed by atoms with E-state index in [-0.39, 0.29) is 23.4 Å². The van der Waals surface area contributed by atoms with Gasteiger partial charge in [-0.25, -0.2) is 22.8 Å². The summed E-state index contributed by atoms with van der Waals surface area (Å²) in [7, 11) is -3.70. The maximum Gasteiger partial charge on any atom is 0.316 e. The Labute approximate surface area is 161 Å². The Balaban J connectivity index is 1.50. The summed E-state index contributed by atoms with van der Waals surface area (Å²) in [5.74, 6) is -0.633. The minimum Gasteiger partial charge on any atom is -0.459 e. The lowest BCUT2D eigenvalue weighted by molar-refractivity contribution is -0.116. The van der Waals surface area contributed by atoms with Crippen molar-refractivity contribution in [3.63, 3.8) is 0 Å². The van der Waals surface area contributed by atoms with Crippen LogP contribution in [0.15, 0.2) is 35.5 Å². The van der Waals surface area contributed by atoms with Crippen molar-refractivity contribution in [2.24, 2.45) is 0 Å². The van der Waals surface area contributed by atoms with Gasteiger partial charge in [0.2, 0.25) is 15.9 Å². The van der Waals surface area contributed by atoms with Gasteiger partial charge in [0.25, 0.3) is 0 Å². The maximum atomic E-state index is 13.1. The molecule has 1 fully saturated rings. The third kappa shape index (κ3) is 3.83. The van der Waals surface area contributed by atoms with Crippen molar-refractivity contribution in [3.05, 3.63) is 42.0 Å². The van der Waals surface area contributed by atoms with E-state index in [1.807, 2.05) is 0 Å². The number of fused-ring (bicyclic) bond motifs is 1. The molecule has 1 amide bonds. The van der Waals surface area contributed by atoms with Crippen molar-refractivity contribution in [1.82, 2.24) is 14.3 Å². The minimum absolute atomic E-state index is 0.0233. The molecular weight excluding hydrogens is 387 g/mol. The lowest BCUT2D eigenvalue weighted by Crippen LogP contribution is -2.44. The second-order valence-corrected chi connectivity index (χ2v) is 8.73. The van der Waals surface area contributed by atoms with Crippen molar-refractivity contribution in [3.8, 4) is 6.01 Å². The van der Waals surface area contributed by atoms with E-state index in [2.05, 4.69) is 15.3 Å². The fraction of sp³-hybridized carbons (Fsp3) is 0.389. The zero-order valence-electron chi connectivity index (χ0n) is 15.0. The van der Waals surface area contributed by atoms with Gasteiger partial charge < -0.3 is 10.1 Å². The number of sulfonamides is 1. The average molecular weight is 406 g/mol. The smallest absolute Gasteiger partial charge is 0.316 e. The van der Waals surface area contributed by atoms with Crippen LogP contribution >= 0.6 is 0 Å². The highest BCUT2D eigenvalue weighted by molar-refractivity contribution is 7.89. The second kappa shape index (κ2) is 7.44. The topological polar surface area (TPSA) is 101 Å². The number of aromatic nitrogens is 2. The van der Waals surface area contributed by atoms with Crippen molar-refractivity contribution < 1.29 is 22.3 Å². The van der Waals surface area contributed by atoms with Gasteiger partial charge in [-0.15, -0.1) is 0 Å². The predicted octanol–water partition coefficient (Wildman–Crippen LogP) is 1.73. The molecule has 2 aliphatic heterocycles. The highest BCUT2D eigenvalue weighted by Crippen LogP contribution is 2.28. The van der Waals surface area contributed by atoms with Gasteiger partial charge in [-0.1, -0.05) is 0 Å². The summed E-state index contributed by atoms with van der Waals surface area (Å²) in [6.45, 7) is 0.553. The largest absolute Gasteiger partial charge is 0.459 e. The fourth-order valence-corrected chi connectivity index (χ4v) is 4.96. The molecule has 1 unspecified atom stereocenters. The summed E-state index contributed by atoms with van der Waals surface area (Å²) in [5, 5.41) is 2.75. The first-order chi connectivity index (χ1) is 13.4. The van der Waals surface area contributed by atoms with Crippen LogP contribution in [-0.2, 0) is 21.2 Å². The Morgan fingerprint density at radius 2 is 2.00 bits per heavy atom. The second-order valence-electron chi connectivity index (χ2n) is 6.80. The molecule has 3 heterocycles. The lowest BCUT2D eigenvalue weighted by atomic mass is 10.0. The van der Waals surface area contributed by atoms with Crippen LogP contribution in [0.3, 0.4) is 0 Å². The molecule has 0 aliphatic carbocycles. The molecule has 1 saturated heterocycles. The van der Waals surface area contributed by atoms with Gasteiger partial charge in [0.05, 0.1) is 23.8 Å². The van der Waals surface area contributed by atoms with Crippen LogP contribution in [0.4, 0.5) is 10.1 Å². The van der Waals surface area contributed by atoms with Crippen molar-refractivity contribution in [2.75, 3.05) is 18.4 Å². The van der Waals surface area contributed by atoms with Gasteiger partial charge in [-0.2, -0.15) is 4.31 Å². The number of anilines is 1. The number of nitrogens with one attached hydrogen (secondary N) is 1. The first-order valence-corrected chi connectivity index (χ1v) is 10.4. The number of halogens is 1. The van der Waals surface area contributed by atoms with Gasteiger partial charge in [0, 0.05) is 18.7 Å². The number of ether oxygens (including phenoxy) is 1. The van der Waals surface area contributed by atoms with E-state index in [4.69, 9.17) is 4.74 Å². The van der Waals surface area contributed by atoms with E-state index in [0.717, 1.165) is 18.0 Å². The van der Waals surface area contributed by atoms with Crippen LogP contribution in [0.1, 0.15) is 24.8 Å². The third-order valence-corrected chi connectivity index (χ3v) is 6.68. The van der Waals surface area contributed by atoms with Gasteiger partial charge in [-0.05, 0) is 43.0 Å². The Kier molecular flexibility index (Phi) is 4.98. The van der Waals surface area contributed by atoms with E-state index in [1.165, 1.54) is 10.4 Å². The minimum atomic E-state index is -3.70. The molecule has 0 saturated carbocycles. The Morgan fingerprint density at radius 1 is 1.21 bits per heavy atom. The molecule has 1 aromatic heterocycles. The number of carbonyl (C=O) groups is 1. The molecule has 0 spiro atoms. The number of amides is 1. The molecule has 4 rings (SSSR count). The molecule has 2 aliphatic rings. The van der Waals surface area contributed by atoms with Crippen LogP contribution < -0.4 is 10.1 Å². The monoisotopic (exact) mass is 406 g/mol. The normalized spacial score (nSPS) is 20.3. The van der Waals surface area contributed by atoms with Crippen LogP contribution in [0.2, 0.25) is 0 Å². The number of hydrogen-bond donors (Lipinski definition) is 1. The summed E-state index contributed by atoms with van der Waals surface area (Å²) in [6, 6.07) is 4.78.